The molecular weight excluding hydrogens is 368 g/mol. The zero-order valence-electron chi connectivity index (χ0n) is 9.65. The Morgan fingerprint density at radius 2 is 1.89 bits per heavy atom. The van der Waals surface area contributed by atoms with Crippen LogP contribution in [0.4, 0.5) is 0 Å². The summed E-state index contributed by atoms with van der Waals surface area (Å²) < 4.78 is 12.1. The molecule has 6 heteroatoms. The number of hydrogen-bond donors (Lipinski definition) is 1. The quantitative estimate of drug-likeness (QED) is 0.851. The highest BCUT2D eigenvalue weighted by atomic mass is 79.9. The topological polar surface area (TPSA) is 55.8 Å². The van der Waals surface area contributed by atoms with Crippen LogP contribution in [0.5, 0.6) is 11.5 Å². The molecule has 1 aliphatic carbocycles. The zero-order chi connectivity index (χ0) is 13.3. The van der Waals surface area contributed by atoms with Gasteiger partial charge in [0.2, 0.25) is 0 Å². The number of benzene rings is 1. The SMILES string of the molecule is COc1cc(Br)c(OC(C(=O)O)C2CC2)cc1Br. The molecule has 1 fully saturated rings. The summed E-state index contributed by atoms with van der Waals surface area (Å²) in [5.41, 5.74) is 0. The molecular formula is C12H12Br2O4. The molecule has 4 nitrogen and oxygen atoms in total. The lowest BCUT2D eigenvalue weighted by Gasteiger charge is -2.16. The van der Waals surface area contributed by atoms with Gasteiger partial charge in [-0.05, 0) is 56.8 Å². The number of halogens is 2. The van der Waals surface area contributed by atoms with E-state index < -0.39 is 12.1 Å². The van der Waals surface area contributed by atoms with E-state index in [1.807, 2.05) is 0 Å². The molecule has 1 N–H and O–H groups in total. The second kappa shape index (κ2) is 5.48. The van der Waals surface area contributed by atoms with E-state index in [0.717, 1.165) is 17.3 Å². The predicted molar refractivity (Wildman–Crippen MR) is 73.2 cm³/mol. The standard InChI is InChI=1S/C12H12Br2O4/c1-17-9-4-8(14)10(5-7(9)13)18-11(12(15)16)6-2-3-6/h4-6,11H,2-3H2,1H3,(H,15,16). The first-order chi connectivity index (χ1) is 8.52. The molecule has 1 aliphatic rings. The first-order valence-electron chi connectivity index (χ1n) is 5.45. The van der Waals surface area contributed by atoms with E-state index in [1.54, 1.807) is 19.2 Å². The van der Waals surface area contributed by atoms with Gasteiger partial charge >= 0.3 is 5.97 Å². The van der Waals surface area contributed by atoms with E-state index >= 15 is 0 Å². The highest BCUT2D eigenvalue weighted by Gasteiger charge is 2.38. The minimum Gasteiger partial charge on any atom is -0.496 e. The third kappa shape index (κ3) is 2.98. The maximum atomic E-state index is 11.1. The van der Waals surface area contributed by atoms with Crippen LogP contribution in [-0.4, -0.2) is 24.3 Å². The predicted octanol–water partition coefficient (Wildman–Crippen LogP) is 3.46. The third-order valence-corrected chi connectivity index (χ3v) is 3.99. The van der Waals surface area contributed by atoms with E-state index in [2.05, 4.69) is 31.9 Å². The lowest BCUT2D eigenvalue weighted by molar-refractivity contribution is -0.146. The van der Waals surface area contributed by atoms with Gasteiger partial charge in [0.05, 0.1) is 16.1 Å². The minimum atomic E-state index is -0.920. The molecule has 0 radical (unpaired) electrons. The van der Waals surface area contributed by atoms with Gasteiger partial charge in [0.15, 0.2) is 6.10 Å². The van der Waals surface area contributed by atoms with E-state index in [-0.39, 0.29) is 5.92 Å². The van der Waals surface area contributed by atoms with Crippen molar-refractivity contribution in [2.45, 2.75) is 18.9 Å². The van der Waals surface area contributed by atoms with Crippen molar-refractivity contribution < 1.29 is 19.4 Å². The molecule has 1 atom stereocenters. The average molecular weight is 380 g/mol. The van der Waals surface area contributed by atoms with Gasteiger partial charge in [-0.15, -0.1) is 0 Å². The fraction of sp³-hybridized carbons (Fsp3) is 0.417. The van der Waals surface area contributed by atoms with Gasteiger partial charge < -0.3 is 14.6 Å². The van der Waals surface area contributed by atoms with Gasteiger partial charge in [-0.3, -0.25) is 0 Å². The number of methoxy groups -OCH3 is 1. The van der Waals surface area contributed by atoms with Crippen LogP contribution in [0.25, 0.3) is 0 Å². The van der Waals surface area contributed by atoms with Crippen molar-refractivity contribution in [1.82, 2.24) is 0 Å². The lowest BCUT2D eigenvalue weighted by Crippen LogP contribution is -2.29. The summed E-state index contributed by atoms with van der Waals surface area (Å²) in [6, 6.07) is 3.45. The van der Waals surface area contributed by atoms with Crippen molar-refractivity contribution in [2.24, 2.45) is 5.92 Å². The fourth-order valence-corrected chi connectivity index (χ4v) is 2.54. The van der Waals surface area contributed by atoms with Crippen LogP contribution in [0.3, 0.4) is 0 Å². The summed E-state index contributed by atoms with van der Waals surface area (Å²) in [4.78, 5) is 11.1. The van der Waals surface area contributed by atoms with Gasteiger partial charge in [0.25, 0.3) is 0 Å². The van der Waals surface area contributed by atoms with E-state index in [0.29, 0.717) is 16.0 Å². The highest BCUT2D eigenvalue weighted by Crippen LogP contribution is 2.40. The van der Waals surface area contributed by atoms with Crippen LogP contribution in [0.1, 0.15) is 12.8 Å². The maximum Gasteiger partial charge on any atom is 0.345 e. The molecule has 0 saturated heterocycles. The Kier molecular flexibility index (Phi) is 4.17. The summed E-state index contributed by atoms with van der Waals surface area (Å²) in [5, 5.41) is 9.13. The summed E-state index contributed by atoms with van der Waals surface area (Å²) in [7, 11) is 1.57. The Morgan fingerprint density at radius 3 is 2.39 bits per heavy atom. The molecule has 0 amide bonds. The third-order valence-electron chi connectivity index (χ3n) is 2.75. The van der Waals surface area contributed by atoms with Crippen molar-refractivity contribution in [3.05, 3.63) is 21.1 Å². The average Bonchev–Trinajstić information content (AvgIpc) is 3.13. The minimum absolute atomic E-state index is 0.121. The normalized spacial score (nSPS) is 16.2. The molecule has 2 rings (SSSR count). The Labute approximate surface area is 122 Å². The van der Waals surface area contributed by atoms with Crippen LogP contribution >= 0.6 is 31.9 Å². The molecule has 0 spiro atoms. The van der Waals surface area contributed by atoms with Crippen LogP contribution in [0.2, 0.25) is 0 Å². The summed E-state index contributed by atoms with van der Waals surface area (Å²) in [6.45, 7) is 0. The van der Waals surface area contributed by atoms with Crippen molar-refractivity contribution >= 4 is 37.8 Å². The number of carbonyl (C=O) groups is 1. The van der Waals surface area contributed by atoms with Crippen molar-refractivity contribution in [3.8, 4) is 11.5 Å². The number of hydrogen-bond acceptors (Lipinski definition) is 3. The number of ether oxygens (including phenoxy) is 2. The first kappa shape index (κ1) is 13.7. The van der Waals surface area contributed by atoms with Crippen molar-refractivity contribution in [2.75, 3.05) is 7.11 Å². The lowest BCUT2D eigenvalue weighted by atomic mass is 10.2. The van der Waals surface area contributed by atoms with Gasteiger partial charge in [0.1, 0.15) is 11.5 Å². The smallest absolute Gasteiger partial charge is 0.345 e. The van der Waals surface area contributed by atoms with Gasteiger partial charge in [-0.2, -0.15) is 0 Å². The molecule has 18 heavy (non-hydrogen) atoms. The van der Waals surface area contributed by atoms with Gasteiger partial charge in [0, 0.05) is 5.92 Å². The number of carboxylic acids is 1. The molecule has 1 aromatic rings. The zero-order valence-corrected chi connectivity index (χ0v) is 12.8. The summed E-state index contributed by atoms with van der Waals surface area (Å²) in [5.74, 6) is 0.362. The van der Waals surface area contributed by atoms with Crippen LogP contribution < -0.4 is 9.47 Å². The highest BCUT2D eigenvalue weighted by molar-refractivity contribution is 9.11. The number of rotatable bonds is 5. The van der Waals surface area contributed by atoms with Crippen LogP contribution in [-0.2, 0) is 4.79 Å². The molecule has 1 aromatic carbocycles. The second-order valence-corrected chi connectivity index (χ2v) is 5.84. The molecule has 0 heterocycles. The Balaban J connectivity index is 2.22. The van der Waals surface area contributed by atoms with Crippen LogP contribution in [0.15, 0.2) is 21.1 Å². The van der Waals surface area contributed by atoms with Crippen molar-refractivity contribution in [3.63, 3.8) is 0 Å². The summed E-state index contributed by atoms with van der Waals surface area (Å²) in [6.07, 6.45) is 1.04. The monoisotopic (exact) mass is 378 g/mol. The maximum absolute atomic E-state index is 11.1. The van der Waals surface area contributed by atoms with Crippen molar-refractivity contribution in [1.29, 1.82) is 0 Å². The Morgan fingerprint density at radius 1 is 1.33 bits per heavy atom. The number of aliphatic carboxylic acids is 1. The van der Waals surface area contributed by atoms with Crippen LogP contribution in [0, 0.1) is 5.92 Å². The Bertz CT molecular complexity index is 471. The second-order valence-electron chi connectivity index (χ2n) is 4.13. The Hall–Kier alpha value is -0.750. The van der Waals surface area contributed by atoms with Gasteiger partial charge in [-0.25, -0.2) is 4.79 Å². The molecule has 1 saturated carbocycles. The largest absolute Gasteiger partial charge is 0.496 e. The summed E-state index contributed by atoms with van der Waals surface area (Å²) >= 11 is 6.70. The molecule has 0 aliphatic heterocycles. The first-order valence-corrected chi connectivity index (χ1v) is 7.04. The molecule has 0 bridgehead atoms. The molecule has 98 valence electrons. The molecule has 1 unspecified atom stereocenters. The van der Waals surface area contributed by atoms with E-state index in [4.69, 9.17) is 14.6 Å². The van der Waals surface area contributed by atoms with E-state index in [1.165, 1.54) is 0 Å². The molecule has 0 aromatic heterocycles. The number of carboxylic acid groups (broad SMARTS) is 1. The van der Waals surface area contributed by atoms with E-state index in [9.17, 15) is 4.79 Å². The van der Waals surface area contributed by atoms with Gasteiger partial charge in [-0.1, -0.05) is 0 Å². The fourth-order valence-electron chi connectivity index (χ4n) is 1.64.